The van der Waals surface area contributed by atoms with Gasteiger partial charge in [0.15, 0.2) is 0 Å². The summed E-state index contributed by atoms with van der Waals surface area (Å²) >= 11 is 0. The summed E-state index contributed by atoms with van der Waals surface area (Å²) in [7, 11) is 0. The summed E-state index contributed by atoms with van der Waals surface area (Å²) in [6.45, 7) is 6.95. The number of imidazole rings is 1. The standard InChI is InChI=1S/C18H22N4O3/c1-12-9-13(2)15-5-4-7-21(16(15)10-12)18(23)6-8-20-11-17(22(24)25)19-14(20)3/h9-11H,4-8H2,1-3H3. The first kappa shape index (κ1) is 17.1. The number of aromatic nitrogens is 2. The van der Waals surface area contributed by atoms with E-state index in [2.05, 4.69) is 24.0 Å². The van der Waals surface area contributed by atoms with Crippen molar-refractivity contribution < 1.29 is 9.72 Å². The lowest BCUT2D eigenvalue weighted by Crippen LogP contribution is -2.36. The largest absolute Gasteiger partial charge is 0.381 e. The van der Waals surface area contributed by atoms with Gasteiger partial charge in [-0.3, -0.25) is 4.79 Å². The molecule has 2 aromatic rings. The Morgan fingerprint density at radius 1 is 1.32 bits per heavy atom. The van der Waals surface area contributed by atoms with Crippen molar-refractivity contribution >= 4 is 17.4 Å². The average Bonchev–Trinajstić information content (AvgIpc) is 2.93. The monoisotopic (exact) mass is 342 g/mol. The molecule has 1 aromatic heterocycles. The first-order valence-electron chi connectivity index (χ1n) is 8.45. The van der Waals surface area contributed by atoms with E-state index in [0.29, 0.717) is 18.8 Å². The molecule has 1 aliphatic heterocycles. The molecule has 1 amide bonds. The average molecular weight is 342 g/mol. The molecule has 0 atom stereocenters. The van der Waals surface area contributed by atoms with Gasteiger partial charge in [-0.1, -0.05) is 6.07 Å². The van der Waals surface area contributed by atoms with Crippen LogP contribution in [0.2, 0.25) is 0 Å². The third-order valence-electron chi connectivity index (χ3n) is 4.71. The van der Waals surface area contributed by atoms with E-state index in [-0.39, 0.29) is 11.7 Å². The summed E-state index contributed by atoms with van der Waals surface area (Å²) in [5.74, 6) is 0.409. The van der Waals surface area contributed by atoms with Crippen LogP contribution in [0.25, 0.3) is 0 Å². The molecular formula is C18H22N4O3. The van der Waals surface area contributed by atoms with Crippen LogP contribution < -0.4 is 4.90 Å². The van der Waals surface area contributed by atoms with E-state index in [9.17, 15) is 14.9 Å². The molecule has 3 rings (SSSR count). The maximum absolute atomic E-state index is 12.8. The SMILES string of the molecule is Cc1cc(C)c2c(c1)N(C(=O)CCn1cc([N+](=O)[O-])nc1C)CCC2. The van der Waals surface area contributed by atoms with Gasteiger partial charge in [-0.2, -0.15) is 0 Å². The second-order valence-corrected chi connectivity index (χ2v) is 6.58. The predicted octanol–water partition coefficient (Wildman–Crippen LogP) is 3.09. The zero-order chi connectivity index (χ0) is 18.1. The summed E-state index contributed by atoms with van der Waals surface area (Å²) in [5, 5.41) is 10.8. The van der Waals surface area contributed by atoms with Gasteiger partial charge in [0.2, 0.25) is 11.7 Å². The minimum Gasteiger partial charge on any atom is -0.358 e. The second-order valence-electron chi connectivity index (χ2n) is 6.58. The maximum Gasteiger partial charge on any atom is 0.381 e. The molecule has 0 spiro atoms. The van der Waals surface area contributed by atoms with E-state index in [0.717, 1.165) is 30.6 Å². The van der Waals surface area contributed by atoms with Crippen LogP contribution in [0.5, 0.6) is 0 Å². The smallest absolute Gasteiger partial charge is 0.358 e. The van der Waals surface area contributed by atoms with Gasteiger partial charge in [0.05, 0.1) is 0 Å². The lowest BCUT2D eigenvalue weighted by atomic mass is 9.95. The number of amides is 1. The zero-order valence-corrected chi connectivity index (χ0v) is 14.8. The number of hydrogen-bond acceptors (Lipinski definition) is 4. The fraction of sp³-hybridized carbons (Fsp3) is 0.444. The Kier molecular flexibility index (Phi) is 4.57. The Hall–Kier alpha value is -2.70. The molecule has 0 fully saturated rings. The van der Waals surface area contributed by atoms with Crippen LogP contribution in [0.3, 0.4) is 0 Å². The van der Waals surface area contributed by atoms with Gasteiger partial charge < -0.3 is 19.6 Å². The first-order valence-corrected chi connectivity index (χ1v) is 8.45. The second kappa shape index (κ2) is 6.66. The predicted molar refractivity (Wildman–Crippen MR) is 94.8 cm³/mol. The summed E-state index contributed by atoms with van der Waals surface area (Å²) < 4.78 is 1.67. The highest BCUT2D eigenvalue weighted by molar-refractivity contribution is 5.94. The van der Waals surface area contributed by atoms with Crippen molar-refractivity contribution in [1.29, 1.82) is 0 Å². The van der Waals surface area contributed by atoms with Gasteiger partial charge in [-0.05, 0) is 59.4 Å². The van der Waals surface area contributed by atoms with E-state index < -0.39 is 4.92 Å². The van der Waals surface area contributed by atoms with Gasteiger partial charge in [0, 0.05) is 32.1 Å². The number of carbonyl (C=O) groups is 1. The molecule has 0 bridgehead atoms. The van der Waals surface area contributed by atoms with Gasteiger partial charge >= 0.3 is 5.82 Å². The van der Waals surface area contributed by atoms with Crippen LogP contribution in [0.4, 0.5) is 11.5 Å². The van der Waals surface area contributed by atoms with E-state index in [1.54, 1.807) is 11.5 Å². The number of rotatable bonds is 4. The molecule has 1 aromatic carbocycles. The van der Waals surface area contributed by atoms with Gasteiger partial charge in [0.25, 0.3) is 0 Å². The minimum absolute atomic E-state index is 0.0432. The highest BCUT2D eigenvalue weighted by Gasteiger charge is 2.24. The summed E-state index contributed by atoms with van der Waals surface area (Å²) in [6.07, 6.45) is 3.64. The number of fused-ring (bicyclic) bond motifs is 1. The minimum atomic E-state index is -0.516. The number of hydrogen-bond donors (Lipinski definition) is 0. The van der Waals surface area contributed by atoms with Crippen LogP contribution in [0, 0.1) is 30.9 Å². The molecule has 0 saturated heterocycles. The molecule has 25 heavy (non-hydrogen) atoms. The van der Waals surface area contributed by atoms with Crippen molar-refractivity contribution in [3.63, 3.8) is 0 Å². The van der Waals surface area contributed by atoms with Crippen LogP contribution in [0.1, 0.15) is 35.4 Å². The summed E-state index contributed by atoms with van der Waals surface area (Å²) in [4.78, 5) is 28.8. The normalized spacial score (nSPS) is 13.6. The number of benzene rings is 1. The van der Waals surface area contributed by atoms with Crippen molar-refractivity contribution in [2.24, 2.45) is 0 Å². The molecule has 0 unspecified atom stereocenters. The Bertz CT molecular complexity index is 841. The van der Waals surface area contributed by atoms with Crippen LogP contribution in [0.15, 0.2) is 18.3 Å². The van der Waals surface area contributed by atoms with E-state index in [1.165, 1.54) is 17.3 Å². The third kappa shape index (κ3) is 3.40. The third-order valence-corrected chi connectivity index (χ3v) is 4.71. The molecule has 2 heterocycles. The molecule has 0 saturated carbocycles. The Morgan fingerprint density at radius 2 is 2.08 bits per heavy atom. The topological polar surface area (TPSA) is 81.3 Å². The molecule has 1 aliphatic rings. The molecule has 7 heteroatoms. The highest BCUT2D eigenvalue weighted by atomic mass is 16.6. The molecule has 0 aliphatic carbocycles. The van der Waals surface area contributed by atoms with Crippen LogP contribution in [-0.4, -0.2) is 26.9 Å². The fourth-order valence-electron chi connectivity index (χ4n) is 3.49. The number of aryl methyl sites for hydroxylation is 4. The number of nitro groups is 1. The fourth-order valence-corrected chi connectivity index (χ4v) is 3.49. The molecule has 132 valence electrons. The molecular weight excluding hydrogens is 320 g/mol. The van der Waals surface area contributed by atoms with E-state index in [1.807, 2.05) is 11.8 Å². The number of nitrogens with zero attached hydrogens (tertiary/aromatic N) is 4. The zero-order valence-electron chi connectivity index (χ0n) is 14.8. The Labute approximate surface area is 146 Å². The molecule has 0 radical (unpaired) electrons. The van der Waals surface area contributed by atoms with Gasteiger partial charge in [0.1, 0.15) is 6.20 Å². The Balaban J connectivity index is 1.76. The number of anilines is 1. The maximum atomic E-state index is 12.8. The lowest BCUT2D eigenvalue weighted by molar-refractivity contribution is -0.389. The molecule has 7 nitrogen and oxygen atoms in total. The lowest BCUT2D eigenvalue weighted by Gasteiger charge is -2.31. The Morgan fingerprint density at radius 3 is 2.76 bits per heavy atom. The van der Waals surface area contributed by atoms with E-state index in [4.69, 9.17) is 0 Å². The van der Waals surface area contributed by atoms with E-state index >= 15 is 0 Å². The van der Waals surface area contributed by atoms with Crippen molar-refractivity contribution in [2.45, 2.75) is 46.6 Å². The van der Waals surface area contributed by atoms with Crippen molar-refractivity contribution in [3.8, 4) is 0 Å². The first-order chi connectivity index (χ1) is 11.9. The number of carbonyl (C=O) groups excluding carboxylic acids is 1. The quantitative estimate of drug-likeness (QED) is 0.631. The van der Waals surface area contributed by atoms with Crippen molar-refractivity contribution in [1.82, 2.24) is 9.55 Å². The van der Waals surface area contributed by atoms with Crippen LogP contribution in [-0.2, 0) is 17.8 Å². The molecule has 0 N–H and O–H groups in total. The highest BCUT2D eigenvalue weighted by Crippen LogP contribution is 2.31. The summed E-state index contributed by atoms with van der Waals surface area (Å²) in [5.41, 5.74) is 4.65. The van der Waals surface area contributed by atoms with Gasteiger partial charge in [-0.15, -0.1) is 0 Å². The van der Waals surface area contributed by atoms with Crippen molar-refractivity contribution in [2.75, 3.05) is 11.4 Å². The van der Waals surface area contributed by atoms with Gasteiger partial charge in [-0.25, -0.2) is 0 Å². The van der Waals surface area contributed by atoms with Crippen LogP contribution >= 0.6 is 0 Å². The van der Waals surface area contributed by atoms with Crippen molar-refractivity contribution in [3.05, 3.63) is 51.0 Å². The summed E-state index contributed by atoms with van der Waals surface area (Å²) in [6, 6.07) is 4.23.